The third-order valence-electron chi connectivity index (χ3n) is 4.25. The van der Waals surface area contributed by atoms with Crippen LogP contribution in [0.5, 0.6) is 0 Å². The van der Waals surface area contributed by atoms with Crippen LogP contribution >= 0.6 is 0 Å². The van der Waals surface area contributed by atoms with E-state index in [2.05, 4.69) is 6.92 Å². The van der Waals surface area contributed by atoms with Gasteiger partial charge in [0.15, 0.2) is 5.82 Å². The molecule has 118 valence electrons. The van der Waals surface area contributed by atoms with Gasteiger partial charge in [-0.2, -0.15) is 4.31 Å². The van der Waals surface area contributed by atoms with E-state index in [0.717, 1.165) is 37.8 Å². The largest absolute Gasteiger partial charge is 0.394 e. The number of benzene rings is 1. The van der Waals surface area contributed by atoms with Crippen LogP contribution in [0.3, 0.4) is 0 Å². The van der Waals surface area contributed by atoms with Crippen LogP contribution in [0, 0.1) is 17.6 Å². The fourth-order valence-electron chi connectivity index (χ4n) is 2.71. The molecule has 0 spiro atoms. The van der Waals surface area contributed by atoms with Crippen molar-refractivity contribution in [3.05, 3.63) is 23.8 Å². The lowest BCUT2D eigenvalue weighted by atomic mass is 9.87. The molecule has 1 aromatic rings. The van der Waals surface area contributed by atoms with Gasteiger partial charge in [0.25, 0.3) is 0 Å². The molecule has 1 fully saturated rings. The average molecular weight is 318 g/mol. The van der Waals surface area contributed by atoms with Gasteiger partial charge in [-0.1, -0.05) is 6.92 Å². The fourth-order valence-corrected chi connectivity index (χ4v) is 4.20. The van der Waals surface area contributed by atoms with Gasteiger partial charge in [-0.25, -0.2) is 17.2 Å². The van der Waals surface area contributed by atoms with Gasteiger partial charge in [-0.05, 0) is 43.7 Å². The van der Waals surface area contributed by atoms with Crippen LogP contribution in [0.25, 0.3) is 0 Å². The Bertz CT molecular complexity index is 626. The lowest BCUT2D eigenvalue weighted by molar-refractivity contribution is 0.245. The predicted octanol–water partition coefficient (Wildman–Crippen LogP) is 2.75. The number of nitrogen functional groups attached to an aromatic ring is 1. The molecule has 2 N–H and O–H groups in total. The highest BCUT2D eigenvalue weighted by Gasteiger charge is 2.33. The Morgan fingerprint density at radius 1 is 1.19 bits per heavy atom. The van der Waals surface area contributed by atoms with Crippen molar-refractivity contribution in [2.45, 2.75) is 43.5 Å². The van der Waals surface area contributed by atoms with E-state index in [4.69, 9.17) is 5.73 Å². The normalized spacial score (nSPS) is 23.5. The Morgan fingerprint density at radius 2 is 1.76 bits per heavy atom. The minimum atomic E-state index is -4.01. The van der Waals surface area contributed by atoms with E-state index in [1.165, 1.54) is 11.4 Å². The van der Waals surface area contributed by atoms with Crippen LogP contribution in [-0.2, 0) is 10.0 Å². The van der Waals surface area contributed by atoms with Crippen LogP contribution < -0.4 is 5.73 Å². The number of halogens is 2. The first kappa shape index (κ1) is 16.2. The van der Waals surface area contributed by atoms with E-state index >= 15 is 0 Å². The molecule has 0 heterocycles. The summed E-state index contributed by atoms with van der Waals surface area (Å²) in [4.78, 5) is -0.567. The summed E-state index contributed by atoms with van der Waals surface area (Å²) in [5.41, 5.74) is 4.48. The molecule has 21 heavy (non-hydrogen) atoms. The summed E-state index contributed by atoms with van der Waals surface area (Å²) in [6.45, 7) is 2.13. The molecule has 1 aliphatic rings. The number of anilines is 1. The number of nitrogens with zero attached hydrogens (tertiary/aromatic N) is 1. The Hall–Kier alpha value is -1.21. The zero-order valence-electron chi connectivity index (χ0n) is 12.1. The van der Waals surface area contributed by atoms with Gasteiger partial charge in [0.1, 0.15) is 16.4 Å². The van der Waals surface area contributed by atoms with Crippen molar-refractivity contribution in [3.63, 3.8) is 0 Å². The molecule has 4 nitrogen and oxygen atoms in total. The molecule has 0 aromatic heterocycles. The SMILES string of the molecule is CC1CCC(N(C)S(=O)(=O)c2ccc(F)c(N)c2F)CC1. The van der Waals surface area contributed by atoms with Gasteiger partial charge in [0.2, 0.25) is 10.0 Å². The predicted molar refractivity (Wildman–Crippen MR) is 77.1 cm³/mol. The van der Waals surface area contributed by atoms with E-state index in [0.29, 0.717) is 5.92 Å². The van der Waals surface area contributed by atoms with Crippen molar-refractivity contribution < 1.29 is 17.2 Å². The van der Waals surface area contributed by atoms with Gasteiger partial charge >= 0.3 is 0 Å². The highest BCUT2D eigenvalue weighted by molar-refractivity contribution is 7.89. The number of hydrogen-bond donors (Lipinski definition) is 1. The summed E-state index contributed by atoms with van der Waals surface area (Å²) < 4.78 is 53.3. The third-order valence-corrected chi connectivity index (χ3v) is 6.18. The maximum absolute atomic E-state index is 14.0. The van der Waals surface area contributed by atoms with Gasteiger partial charge < -0.3 is 5.73 Å². The van der Waals surface area contributed by atoms with E-state index in [1.807, 2.05) is 0 Å². The first-order chi connectivity index (χ1) is 9.75. The van der Waals surface area contributed by atoms with Crippen molar-refractivity contribution in [2.24, 2.45) is 5.92 Å². The molecule has 1 aliphatic carbocycles. The molecule has 0 bridgehead atoms. The van der Waals surface area contributed by atoms with E-state index in [1.54, 1.807) is 0 Å². The maximum atomic E-state index is 14.0. The monoisotopic (exact) mass is 318 g/mol. The van der Waals surface area contributed by atoms with Crippen LogP contribution in [-0.4, -0.2) is 25.8 Å². The fraction of sp³-hybridized carbons (Fsp3) is 0.571. The Morgan fingerprint density at radius 3 is 2.33 bits per heavy atom. The van der Waals surface area contributed by atoms with E-state index in [-0.39, 0.29) is 6.04 Å². The molecule has 0 aliphatic heterocycles. The van der Waals surface area contributed by atoms with Crippen LogP contribution in [0.4, 0.5) is 14.5 Å². The molecule has 0 amide bonds. The van der Waals surface area contributed by atoms with Gasteiger partial charge in [0, 0.05) is 13.1 Å². The van der Waals surface area contributed by atoms with Crippen LogP contribution in [0.2, 0.25) is 0 Å². The highest BCUT2D eigenvalue weighted by atomic mass is 32.2. The van der Waals surface area contributed by atoms with Gasteiger partial charge in [0.05, 0.1) is 0 Å². The molecule has 1 saturated carbocycles. The highest BCUT2D eigenvalue weighted by Crippen LogP contribution is 2.31. The number of nitrogens with two attached hydrogens (primary N) is 1. The molecule has 0 atom stereocenters. The molecule has 7 heteroatoms. The second-order valence-electron chi connectivity index (χ2n) is 5.71. The van der Waals surface area contributed by atoms with Crippen molar-refractivity contribution in [3.8, 4) is 0 Å². The van der Waals surface area contributed by atoms with E-state index < -0.39 is 32.2 Å². The van der Waals surface area contributed by atoms with Crippen molar-refractivity contribution in [2.75, 3.05) is 12.8 Å². The second kappa shape index (κ2) is 5.88. The number of rotatable bonds is 3. The Labute approximate surface area is 124 Å². The smallest absolute Gasteiger partial charge is 0.246 e. The molecule has 0 unspecified atom stereocenters. The lowest BCUT2D eigenvalue weighted by Gasteiger charge is -2.32. The van der Waals surface area contributed by atoms with Crippen molar-refractivity contribution >= 4 is 15.7 Å². The minimum Gasteiger partial charge on any atom is -0.394 e. The number of hydrogen-bond acceptors (Lipinski definition) is 3. The van der Waals surface area contributed by atoms with Crippen LogP contribution in [0.15, 0.2) is 17.0 Å². The molecule has 0 saturated heterocycles. The standard InChI is InChI=1S/C14H20F2N2O2S/c1-9-3-5-10(6-4-9)18(2)21(19,20)12-8-7-11(15)14(17)13(12)16/h7-10H,3-6,17H2,1-2H3. The maximum Gasteiger partial charge on any atom is 0.246 e. The second-order valence-corrected chi connectivity index (χ2v) is 7.67. The summed E-state index contributed by atoms with van der Waals surface area (Å²) in [6, 6.07) is 1.65. The summed E-state index contributed by atoms with van der Waals surface area (Å²) in [5, 5.41) is 0. The van der Waals surface area contributed by atoms with Crippen molar-refractivity contribution in [1.82, 2.24) is 4.31 Å². The molecular weight excluding hydrogens is 298 g/mol. The molecule has 0 radical (unpaired) electrons. The van der Waals surface area contributed by atoms with Gasteiger partial charge in [-0.3, -0.25) is 0 Å². The van der Waals surface area contributed by atoms with Crippen LogP contribution in [0.1, 0.15) is 32.6 Å². The first-order valence-electron chi connectivity index (χ1n) is 6.96. The zero-order valence-corrected chi connectivity index (χ0v) is 13.0. The molecular formula is C14H20F2N2O2S. The van der Waals surface area contributed by atoms with E-state index in [9.17, 15) is 17.2 Å². The molecule has 2 rings (SSSR count). The Balaban J connectivity index is 2.32. The first-order valence-corrected chi connectivity index (χ1v) is 8.40. The topological polar surface area (TPSA) is 63.4 Å². The summed E-state index contributed by atoms with van der Waals surface area (Å²) in [7, 11) is -2.57. The zero-order chi connectivity index (χ0) is 15.8. The lowest BCUT2D eigenvalue weighted by Crippen LogP contribution is -2.39. The van der Waals surface area contributed by atoms with Gasteiger partial charge in [-0.15, -0.1) is 0 Å². The quantitative estimate of drug-likeness (QED) is 0.872. The Kier molecular flexibility index (Phi) is 4.53. The van der Waals surface area contributed by atoms with Crippen molar-refractivity contribution in [1.29, 1.82) is 0 Å². The summed E-state index contributed by atoms with van der Waals surface area (Å²) in [5.74, 6) is -1.60. The average Bonchev–Trinajstić information content (AvgIpc) is 2.44. The molecule has 1 aromatic carbocycles. The third kappa shape index (κ3) is 3.03. The number of sulfonamides is 1. The summed E-state index contributed by atoms with van der Waals surface area (Å²) >= 11 is 0. The summed E-state index contributed by atoms with van der Waals surface area (Å²) in [6.07, 6.45) is 3.38. The minimum absolute atomic E-state index is 0.156.